The molecule has 1 aromatic heterocycles. The molecule has 1 heterocycles. The van der Waals surface area contributed by atoms with Gasteiger partial charge in [0.05, 0.1) is 5.75 Å². The fourth-order valence-corrected chi connectivity index (χ4v) is 2.77. The lowest BCUT2D eigenvalue weighted by molar-refractivity contribution is -0.113. The van der Waals surface area contributed by atoms with Crippen molar-refractivity contribution in [3.8, 4) is 0 Å². The molecule has 2 rings (SSSR count). The summed E-state index contributed by atoms with van der Waals surface area (Å²) in [6, 6.07) is 3.19. The summed E-state index contributed by atoms with van der Waals surface area (Å²) in [5, 5.41) is 13.7. The summed E-state index contributed by atoms with van der Waals surface area (Å²) in [5.74, 6) is -2.18. The zero-order valence-corrected chi connectivity index (χ0v) is 11.9. The molecule has 1 aromatic carbocycles. The summed E-state index contributed by atoms with van der Waals surface area (Å²) in [6.07, 6.45) is 0. The second-order valence-electron chi connectivity index (χ2n) is 3.59. The van der Waals surface area contributed by atoms with Crippen molar-refractivity contribution in [2.75, 3.05) is 23.4 Å². The molecule has 0 radical (unpaired) electrons. The van der Waals surface area contributed by atoms with Crippen molar-refractivity contribution >= 4 is 39.8 Å². The second kappa shape index (κ2) is 6.62. The van der Waals surface area contributed by atoms with Gasteiger partial charge in [-0.1, -0.05) is 23.1 Å². The molecule has 0 aliphatic rings. The molecule has 5 nitrogen and oxygen atoms in total. The van der Waals surface area contributed by atoms with E-state index in [1.165, 1.54) is 29.2 Å². The highest BCUT2D eigenvalue weighted by Crippen LogP contribution is 2.25. The number of hydrogen-bond acceptors (Lipinski definition) is 6. The van der Waals surface area contributed by atoms with Crippen LogP contribution in [0.4, 0.5) is 19.6 Å². The van der Waals surface area contributed by atoms with Gasteiger partial charge >= 0.3 is 0 Å². The van der Waals surface area contributed by atoms with Crippen LogP contribution in [0.25, 0.3) is 0 Å². The van der Waals surface area contributed by atoms with Crippen molar-refractivity contribution in [1.82, 2.24) is 10.2 Å². The number of thioether (sulfide) groups is 1. The number of anilines is 2. The third-order valence-corrected chi connectivity index (χ3v) is 4.22. The molecule has 106 valence electrons. The molecule has 0 aliphatic carbocycles. The van der Waals surface area contributed by atoms with Crippen molar-refractivity contribution in [2.24, 2.45) is 0 Å². The van der Waals surface area contributed by atoms with Crippen molar-refractivity contribution in [3.63, 3.8) is 0 Å². The fraction of sp³-hybridized carbons (Fsp3) is 0.182. The maximum atomic E-state index is 13.0. The van der Waals surface area contributed by atoms with Gasteiger partial charge < -0.3 is 10.6 Å². The van der Waals surface area contributed by atoms with Gasteiger partial charge in [-0.05, 0) is 12.1 Å². The van der Waals surface area contributed by atoms with Crippen LogP contribution in [0.15, 0.2) is 22.5 Å². The third-order valence-electron chi connectivity index (χ3n) is 2.15. The number of halogens is 2. The van der Waals surface area contributed by atoms with E-state index < -0.39 is 11.6 Å². The van der Waals surface area contributed by atoms with Gasteiger partial charge in [0.2, 0.25) is 11.0 Å². The lowest BCUT2D eigenvalue weighted by Gasteiger charge is -2.04. The standard InChI is InChI=1S/C11H10F2N4OS2/c1-14-10-16-17-11(20-10)19-5-9(18)15-6-2-3-7(12)8(13)4-6/h2-4H,5H2,1H3,(H,14,16)(H,15,18). The summed E-state index contributed by atoms with van der Waals surface area (Å²) in [5.41, 5.74) is 0.211. The quantitative estimate of drug-likeness (QED) is 0.830. The Hall–Kier alpha value is -1.74. The number of carbonyl (C=O) groups excluding carboxylic acids is 1. The van der Waals surface area contributed by atoms with Crippen LogP contribution in [-0.4, -0.2) is 28.9 Å². The highest BCUT2D eigenvalue weighted by molar-refractivity contribution is 8.01. The van der Waals surface area contributed by atoms with Crippen molar-refractivity contribution in [2.45, 2.75) is 4.34 Å². The maximum Gasteiger partial charge on any atom is 0.234 e. The van der Waals surface area contributed by atoms with Crippen LogP contribution < -0.4 is 10.6 Å². The van der Waals surface area contributed by atoms with E-state index in [-0.39, 0.29) is 17.3 Å². The molecule has 2 N–H and O–H groups in total. The summed E-state index contributed by atoms with van der Waals surface area (Å²) < 4.78 is 26.3. The average molecular weight is 316 g/mol. The predicted octanol–water partition coefficient (Wildman–Crippen LogP) is 2.59. The van der Waals surface area contributed by atoms with Crippen molar-refractivity contribution in [1.29, 1.82) is 0 Å². The van der Waals surface area contributed by atoms with Gasteiger partial charge in [-0.15, -0.1) is 10.2 Å². The van der Waals surface area contributed by atoms with Crippen molar-refractivity contribution in [3.05, 3.63) is 29.8 Å². The van der Waals surface area contributed by atoms with E-state index in [0.29, 0.717) is 9.47 Å². The lowest BCUT2D eigenvalue weighted by atomic mass is 10.3. The topological polar surface area (TPSA) is 66.9 Å². The van der Waals surface area contributed by atoms with Crippen LogP contribution in [0.2, 0.25) is 0 Å². The molecule has 20 heavy (non-hydrogen) atoms. The summed E-state index contributed by atoms with van der Waals surface area (Å²) >= 11 is 2.54. The first-order chi connectivity index (χ1) is 9.58. The van der Waals surface area contributed by atoms with E-state index in [1.54, 1.807) is 7.05 Å². The fourth-order valence-electron chi connectivity index (χ4n) is 1.27. The molecule has 9 heteroatoms. The number of amides is 1. The molecule has 0 bridgehead atoms. The molecule has 0 saturated heterocycles. The van der Waals surface area contributed by atoms with Gasteiger partial charge in [0.15, 0.2) is 16.0 Å². The molecule has 0 spiro atoms. The molecule has 0 atom stereocenters. The summed E-state index contributed by atoms with van der Waals surface area (Å²) in [7, 11) is 1.73. The Morgan fingerprint density at radius 1 is 1.35 bits per heavy atom. The predicted molar refractivity (Wildman–Crippen MR) is 75.2 cm³/mol. The molecular weight excluding hydrogens is 306 g/mol. The van der Waals surface area contributed by atoms with E-state index >= 15 is 0 Å². The van der Waals surface area contributed by atoms with Gasteiger partial charge in [-0.3, -0.25) is 4.79 Å². The SMILES string of the molecule is CNc1nnc(SCC(=O)Nc2ccc(F)c(F)c2)s1. The maximum absolute atomic E-state index is 13.0. The minimum Gasteiger partial charge on any atom is -0.363 e. The molecular formula is C11H10F2N4OS2. The molecule has 0 unspecified atom stereocenters. The molecule has 0 fully saturated rings. The van der Waals surface area contributed by atoms with Gasteiger partial charge in [0.25, 0.3) is 0 Å². The van der Waals surface area contributed by atoms with Crippen LogP contribution in [0.3, 0.4) is 0 Å². The van der Waals surface area contributed by atoms with E-state index in [1.807, 2.05) is 0 Å². The highest BCUT2D eigenvalue weighted by atomic mass is 32.2. The van der Waals surface area contributed by atoms with Crippen LogP contribution in [0, 0.1) is 11.6 Å². The zero-order chi connectivity index (χ0) is 14.5. The monoisotopic (exact) mass is 316 g/mol. The number of hydrogen-bond donors (Lipinski definition) is 2. The van der Waals surface area contributed by atoms with Crippen LogP contribution >= 0.6 is 23.1 Å². The number of nitrogens with one attached hydrogen (secondary N) is 2. The number of benzene rings is 1. The first-order valence-corrected chi connectivity index (χ1v) is 7.27. The lowest BCUT2D eigenvalue weighted by Crippen LogP contribution is -2.14. The minimum absolute atomic E-state index is 0.108. The Labute approximate surface area is 121 Å². The Bertz CT molecular complexity index is 620. The van der Waals surface area contributed by atoms with Gasteiger partial charge in [0.1, 0.15) is 0 Å². The average Bonchev–Trinajstić information content (AvgIpc) is 2.89. The van der Waals surface area contributed by atoms with E-state index in [4.69, 9.17) is 0 Å². The third kappa shape index (κ3) is 3.87. The number of aromatic nitrogens is 2. The van der Waals surface area contributed by atoms with Crippen LogP contribution in [-0.2, 0) is 4.79 Å². The summed E-state index contributed by atoms with van der Waals surface area (Å²) in [4.78, 5) is 11.7. The summed E-state index contributed by atoms with van der Waals surface area (Å²) in [6.45, 7) is 0. The van der Waals surface area contributed by atoms with Gasteiger partial charge in [-0.25, -0.2) is 8.78 Å². The largest absolute Gasteiger partial charge is 0.363 e. The van der Waals surface area contributed by atoms with E-state index in [2.05, 4.69) is 20.8 Å². The second-order valence-corrected chi connectivity index (χ2v) is 5.79. The Kier molecular flexibility index (Phi) is 4.85. The number of rotatable bonds is 5. The van der Waals surface area contributed by atoms with Gasteiger partial charge in [-0.2, -0.15) is 0 Å². The number of nitrogens with zero attached hydrogens (tertiary/aromatic N) is 2. The van der Waals surface area contributed by atoms with Crippen LogP contribution in [0.1, 0.15) is 0 Å². The minimum atomic E-state index is -1.00. The smallest absolute Gasteiger partial charge is 0.234 e. The Morgan fingerprint density at radius 2 is 2.15 bits per heavy atom. The van der Waals surface area contributed by atoms with Crippen LogP contribution in [0.5, 0.6) is 0 Å². The molecule has 1 amide bonds. The first-order valence-electron chi connectivity index (χ1n) is 5.47. The Balaban J connectivity index is 1.87. The van der Waals surface area contributed by atoms with Gasteiger partial charge in [0, 0.05) is 18.8 Å². The normalized spacial score (nSPS) is 10.3. The van der Waals surface area contributed by atoms with E-state index in [9.17, 15) is 13.6 Å². The molecule has 0 aliphatic heterocycles. The molecule has 2 aromatic rings. The molecule has 0 saturated carbocycles. The van der Waals surface area contributed by atoms with Crippen molar-refractivity contribution < 1.29 is 13.6 Å². The zero-order valence-electron chi connectivity index (χ0n) is 10.3. The first kappa shape index (κ1) is 14.7. The number of carbonyl (C=O) groups is 1. The Morgan fingerprint density at radius 3 is 2.80 bits per heavy atom. The van der Waals surface area contributed by atoms with E-state index in [0.717, 1.165) is 12.1 Å². The highest BCUT2D eigenvalue weighted by Gasteiger charge is 2.09.